The lowest BCUT2D eigenvalue weighted by Crippen LogP contribution is -2.31. The molecule has 1 amide bonds. The van der Waals surface area contributed by atoms with Gasteiger partial charge in [-0.3, -0.25) is 18.7 Å². The van der Waals surface area contributed by atoms with Gasteiger partial charge in [-0.15, -0.1) is 0 Å². The molecule has 1 aromatic carbocycles. The second-order valence-corrected chi connectivity index (χ2v) is 8.27. The van der Waals surface area contributed by atoms with E-state index in [0.717, 1.165) is 36.7 Å². The molecular formula is C22H23ClFN5O4. The van der Waals surface area contributed by atoms with Crippen molar-refractivity contribution in [2.45, 2.75) is 51.6 Å². The fraction of sp³-hybridized carbons (Fsp3) is 0.409. The fourth-order valence-corrected chi connectivity index (χ4v) is 4.57. The zero-order chi connectivity index (χ0) is 23.7. The van der Waals surface area contributed by atoms with E-state index in [9.17, 15) is 18.8 Å². The minimum atomic E-state index is -0.950. The number of aromatic nitrogens is 4. The average molecular weight is 476 g/mol. The van der Waals surface area contributed by atoms with E-state index in [1.54, 1.807) is 6.92 Å². The van der Waals surface area contributed by atoms with Gasteiger partial charge < -0.3 is 10.5 Å². The van der Waals surface area contributed by atoms with Crippen molar-refractivity contribution in [3.8, 4) is 11.4 Å². The Bertz CT molecular complexity index is 1280. The molecule has 11 heteroatoms. The standard InChI is InChI=1S/C22H23ClFN5O4/c1-2-33-15(30)11-28-18-17(19(25)31)26-20(16-13(23)9-6-10-14(16)24)27-21(18)29(22(28)32)12-7-4-3-5-8-12/h6,9-10,12H,2-5,7-8,11H2,1H3,(H2,25,31). The molecule has 2 heterocycles. The third-order valence-electron chi connectivity index (χ3n) is 5.75. The SMILES string of the molecule is CCOC(=O)Cn1c(=O)n(C2CCCCC2)c2nc(-c3c(F)cccc3Cl)nc(C(N)=O)c21. The molecule has 33 heavy (non-hydrogen) atoms. The summed E-state index contributed by atoms with van der Waals surface area (Å²) in [7, 11) is 0. The van der Waals surface area contributed by atoms with E-state index in [-0.39, 0.29) is 45.9 Å². The van der Waals surface area contributed by atoms with Crippen molar-refractivity contribution in [3.05, 3.63) is 45.2 Å². The first-order valence-corrected chi connectivity index (χ1v) is 11.1. The van der Waals surface area contributed by atoms with Gasteiger partial charge in [0.1, 0.15) is 17.9 Å². The Kier molecular flexibility index (Phi) is 6.46. The molecule has 2 N–H and O–H groups in total. The molecule has 1 aliphatic carbocycles. The van der Waals surface area contributed by atoms with Gasteiger partial charge in [-0.1, -0.05) is 36.9 Å². The molecular weight excluding hydrogens is 453 g/mol. The highest BCUT2D eigenvalue weighted by Gasteiger charge is 2.29. The van der Waals surface area contributed by atoms with Gasteiger partial charge in [0, 0.05) is 6.04 Å². The van der Waals surface area contributed by atoms with E-state index in [0.29, 0.717) is 0 Å². The summed E-state index contributed by atoms with van der Waals surface area (Å²) in [6.07, 6.45) is 4.33. The molecule has 0 radical (unpaired) electrons. The maximum Gasteiger partial charge on any atom is 0.331 e. The predicted molar refractivity (Wildman–Crippen MR) is 119 cm³/mol. The summed E-state index contributed by atoms with van der Waals surface area (Å²) in [5.74, 6) is -2.46. The Morgan fingerprint density at radius 2 is 1.97 bits per heavy atom. The number of fused-ring (bicyclic) bond motifs is 1. The van der Waals surface area contributed by atoms with E-state index >= 15 is 0 Å². The van der Waals surface area contributed by atoms with Gasteiger partial charge in [0.25, 0.3) is 5.91 Å². The van der Waals surface area contributed by atoms with E-state index in [4.69, 9.17) is 22.1 Å². The molecule has 9 nitrogen and oxygen atoms in total. The van der Waals surface area contributed by atoms with E-state index in [1.807, 2.05) is 0 Å². The van der Waals surface area contributed by atoms with E-state index in [2.05, 4.69) is 9.97 Å². The maximum absolute atomic E-state index is 14.6. The maximum atomic E-state index is 14.6. The first-order chi connectivity index (χ1) is 15.8. The molecule has 1 aliphatic rings. The van der Waals surface area contributed by atoms with Gasteiger partial charge in [0.15, 0.2) is 17.2 Å². The van der Waals surface area contributed by atoms with Gasteiger partial charge in [-0.2, -0.15) is 0 Å². The van der Waals surface area contributed by atoms with Crippen LogP contribution in [0.25, 0.3) is 22.6 Å². The quantitative estimate of drug-likeness (QED) is 0.546. The van der Waals surface area contributed by atoms with Crippen LogP contribution in [0.5, 0.6) is 0 Å². The number of halogens is 2. The summed E-state index contributed by atoms with van der Waals surface area (Å²) in [6.45, 7) is 1.34. The fourth-order valence-electron chi connectivity index (χ4n) is 4.32. The lowest BCUT2D eigenvalue weighted by atomic mass is 9.95. The first kappa shape index (κ1) is 22.9. The minimum Gasteiger partial charge on any atom is -0.465 e. The van der Waals surface area contributed by atoms with Crippen molar-refractivity contribution in [2.24, 2.45) is 5.73 Å². The summed E-state index contributed by atoms with van der Waals surface area (Å²) in [6, 6.07) is 3.90. The zero-order valence-corrected chi connectivity index (χ0v) is 18.8. The minimum absolute atomic E-state index is 0.0161. The van der Waals surface area contributed by atoms with Gasteiger partial charge >= 0.3 is 11.7 Å². The normalized spacial score (nSPS) is 14.5. The van der Waals surface area contributed by atoms with Gasteiger partial charge in [-0.25, -0.2) is 19.2 Å². The van der Waals surface area contributed by atoms with Gasteiger partial charge in [0.2, 0.25) is 0 Å². The highest BCUT2D eigenvalue weighted by molar-refractivity contribution is 6.33. The summed E-state index contributed by atoms with van der Waals surface area (Å²) < 4.78 is 22.2. The van der Waals surface area contributed by atoms with Crippen LogP contribution in [0.15, 0.2) is 23.0 Å². The third kappa shape index (κ3) is 4.22. The molecule has 1 fully saturated rings. The zero-order valence-electron chi connectivity index (χ0n) is 18.0. The Labute approximate surface area is 193 Å². The molecule has 0 aliphatic heterocycles. The summed E-state index contributed by atoms with van der Waals surface area (Å²) in [5, 5.41) is 0.0438. The molecule has 0 unspecified atom stereocenters. The Morgan fingerprint density at radius 1 is 1.24 bits per heavy atom. The number of primary amides is 1. The van der Waals surface area contributed by atoms with Gasteiger partial charge in [-0.05, 0) is 31.9 Å². The van der Waals surface area contributed by atoms with Crippen LogP contribution in [0.1, 0.15) is 55.6 Å². The van der Waals surface area contributed by atoms with Crippen LogP contribution in [-0.2, 0) is 16.1 Å². The summed E-state index contributed by atoms with van der Waals surface area (Å²) in [4.78, 5) is 46.8. The first-order valence-electron chi connectivity index (χ1n) is 10.8. The number of benzene rings is 1. The van der Waals surface area contributed by atoms with Crippen LogP contribution in [-0.4, -0.2) is 37.6 Å². The van der Waals surface area contributed by atoms with E-state index in [1.165, 1.54) is 22.8 Å². The number of carbonyl (C=O) groups is 2. The van der Waals surface area contributed by atoms with Crippen molar-refractivity contribution in [3.63, 3.8) is 0 Å². The molecule has 174 valence electrons. The van der Waals surface area contributed by atoms with E-state index < -0.39 is 29.9 Å². The van der Waals surface area contributed by atoms with Crippen LogP contribution in [0, 0.1) is 5.82 Å². The highest BCUT2D eigenvalue weighted by atomic mass is 35.5. The Morgan fingerprint density at radius 3 is 2.61 bits per heavy atom. The molecule has 2 aromatic heterocycles. The highest BCUT2D eigenvalue weighted by Crippen LogP contribution is 2.33. The second kappa shape index (κ2) is 9.30. The van der Waals surface area contributed by atoms with Crippen LogP contribution in [0.3, 0.4) is 0 Å². The number of hydrogen-bond donors (Lipinski definition) is 1. The molecule has 1 saturated carbocycles. The number of esters is 1. The number of nitrogens with two attached hydrogens (primary N) is 1. The largest absolute Gasteiger partial charge is 0.465 e. The molecule has 4 rings (SSSR count). The summed E-state index contributed by atoms with van der Waals surface area (Å²) >= 11 is 6.20. The topological polar surface area (TPSA) is 122 Å². The smallest absolute Gasteiger partial charge is 0.331 e. The third-order valence-corrected chi connectivity index (χ3v) is 6.07. The number of ether oxygens (including phenoxy) is 1. The molecule has 0 atom stereocenters. The number of amides is 1. The summed E-state index contributed by atoms with van der Waals surface area (Å²) in [5.41, 5.74) is 4.79. The van der Waals surface area contributed by atoms with Crippen LogP contribution < -0.4 is 11.4 Å². The van der Waals surface area contributed by atoms with Crippen molar-refractivity contribution < 1.29 is 18.7 Å². The van der Waals surface area contributed by atoms with Crippen molar-refractivity contribution in [2.75, 3.05) is 6.61 Å². The lowest BCUT2D eigenvalue weighted by molar-refractivity contribution is -0.143. The second-order valence-electron chi connectivity index (χ2n) is 7.86. The van der Waals surface area contributed by atoms with Crippen molar-refractivity contribution in [1.29, 1.82) is 0 Å². The molecule has 0 bridgehead atoms. The molecule has 3 aromatic rings. The number of rotatable bonds is 6. The monoisotopic (exact) mass is 475 g/mol. The van der Waals surface area contributed by atoms with Crippen molar-refractivity contribution >= 4 is 34.6 Å². The van der Waals surface area contributed by atoms with Crippen molar-refractivity contribution in [1.82, 2.24) is 19.1 Å². The number of hydrogen-bond acceptors (Lipinski definition) is 6. The lowest BCUT2D eigenvalue weighted by Gasteiger charge is -2.22. The average Bonchev–Trinajstić information content (AvgIpc) is 3.05. The molecule has 0 saturated heterocycles. The van der Waals surface area contributed by atoms with Crippen LogP contribution in [0.4, 0.5) is 4.39 Å². The van der Waals surface area contributed by atoms with Crippen LogP contribution in [0.2, 0.25) is 5.02 Å². The predicted octanol–water partition coefficient (Wildman–Crippen LogP) is 3.22. The number of imidazole rings is 1. The molecule has 0 spiro atoms. The number of nitrogens with zero attached hydrogens (tertiary/aromatic N) is 4. The Hall–Kier alpha value is -3.27. The Balaban J connectivity index is 2.05. The van der Waals surface area contributed by atoms with Crippen LogP contribution >= 0.6 is 11.6 Å². The van der Waals surface area contributed by atoms with Gasteiger partial charge in [0.05, 0.1) is 17.2 Å². The number of carbonyl (C=O) groups excluding carboxylic acids is 2.